The number of benzene rings is 1. The minimum atomic E-state index is -0.569. The Morgan fingerprint density at radius 3 is 2.59 bits per heavy atom. The van der Waals surface area contributed by atoms with E-state index in [0.717, 1.165) is 11.9 Å². The Balaban J connectivity index is 1.60. The molecule has 0 spiro atoms. The molecule has 6 heteroatoms. The third-order valence-corrected chi connectivity index (χ3v) is 6.53. The summed E-state index contributed by atoms with van der Waals surface area (Å²) in [6, 6.07) is 5.46. The Bertz CT molecular complexity index is 753. The number of carbonyl (C=O) groups excluding carboxylic acids is 1. The first-order valence-electron chi connectivity index (χ1n) is 9.83. The van der Waals surface area contributed by atoms with E-state index in [1.807, 2.05) is 32.9 Å². The molecule has 0 amide bonds. The first-order chi connectivity index (χ1) is 12.6. The average molecular weight is 372 g/mol. The third kappa shape index (κ3) is 3.07. The predicted molar refractivity (Wildman–Crippen MR) is 103 cm³/mol. The van der Waals surface area contributed by atoms with Gasteiger partial charge in [0.2, 0.25) is 0 Å². The maximum Gasteiger partial charge on any atom is 0.498 e. The van der Waals surface area contributed by atoms with E-state index in [9.17, 15) is 4.79 Å². The van der Waals surface area contributed by atoms with E-state index in [4.69, 9.17) is 18.8 Å². The fourth-order valence-electron chi connectivity index (χ4n) is 4.95. The van der Waals surface area contributed by atoms with Crippen molar-refractivity contribution >= 4 is 18.6 Å². The highest BCUT2D eigenvalue weighted by molar-refractivity contribution is 6.63. The molecule has 4 fully saturated rings. The second-order valence-electron chi connectivity index (χ2n) is 9.63. The van der Waals surface area contributed by atoms with E-state index in [-0.39, 0.29) is 12.2 Å². The van der Waals surface area contributed by atoms with E-state index in [1.54, 1.807) is 13.2 Å². The van der Waals surface area contributed by atoms with Crippen molar-refractivity contribution in [2.45, 2.75) is 65.3 Å². The van der Waals surface area contributed by atoms with E-state index in [0.29, 0.717) is 28.6 Å². The van der Waals surface area contributed by atoms with Gasteiger partial charge in [0.05, 0.1) is 19.3 Å². The SMILES string of the molecule is COc1c(B2OC3CC4CC(C3O2)C4(C)C)cccc1C(=O)OC(C)(C)C. The number of rotatable bonds is 3. The van der Waals surface area contributed by atoms with E-state index in [1.165, 1.54) is 6.42 Å². The van der Waals surface area contributed by atoms with Crippen LogP contribution in [0.25, 0.3) is 0 Å². The molecule has 1 saturated heterocycles. The third-order valence-electron chi connectivity index (χ3n) is 6.53. The summed E-state index contributed by atoms with van der Waals surface area (Å²) < 4.78 is 23.8. The van der Waals surface area contributed by atoms with Crippen molar-refractivity contribution in [2.75, 3.05) is 7.11 Å². The van der Waals surface area contributed by atoms with Crippen LogP contribution in [0.1, 0.15) is 57.8 Å². The predicted octanol–water partition coefficient (Wildman–Crippen LogP) is 3.20. The van der Waals surface area contributed by atoms with Crippen LogP contribution in [0.15, 0.2) is 18.2 Å². The van der Waals surface area contributed by atoms with Gasteiger partial charge < -0.3 is 18.8 Å². The van der Waals surface area contributed by atoms with E-state index >= 15 is 0 Å². The first-order valence-corrected chi connectivity index (χ1v) is 9.83. The van der Waals surface area contributed by atoms with Gasteiger partial charge in [0, 0.05) is 5.46 Å². The van der Waals surface area contributed by atoms with Crippen LogP contribution in [0.3, 0.4) is 0 Å². The molecule has 4 aliphatic rings. The number of carbonyl (C=O) groups is 1. The molecule has 146 valence electrons. The van der Waals surface area contributed by atoms with Crippen molar-refractivity contribution in [3.05, 3.63) is 23.8 Å². The summed E-state index contributed by atoms with van der Waals surface area (Å²) in [5.41, 5.74) is 0.906. The maximum atomic E-state index is 12.6. The molecular formula is C21H29BO5. The number of hydrogen-bond donors (Lipinski definition) is 0. The zero-order valence-corrected chi connectivity index (χ0v) is 17.1. The quantitative estimate of drug-likeness (QED) is 0.603. The first kappa shape index (κ1) is 18.8. The normalized spacial score (nSPS) is 31.1. The molecule has 1 aromatic rings. The van der Waals surface area contributed by atoms with Crippen LogP contribution in [-0.2, 0) is 14.0 Å². The molecule has 0 N–H and O–H groups in total. The molecule has 5 rings (SSSR count). The van der Waals surface area contributed by atoms with Gasteiger partial charge >= 0.3 is 13.1 Å². The largest absolute Gasteiger partial charge is 0.498 e. The Hall–Kier alpha value is -1.53. The lowest BCUT2D eigenvalue weighted by molar-refractivity contribution is -0.150. The molecule has 4 unspecified atom stereocenters. The molecule has 3 saturated carbocycles. The molecule has 5 nitrogen and oxygen atoms in total. The Morgan fingerprint density at radius 2 is 1.96 bits per heavy atom. The van der Waals surface area contributed by atoms with Gasteiger partial charge in [-0.2, -0.15) is 0 Å². The zero-order valence-electron chi connectivity index (χ0n) is 17.1. The summed E-state index contributed by atoms with van der Waals surface area (Å²) in [6.07, 6.45) is 2.50. The van der Waals surface area contributed by atoms with Crippen molar-refractivity contribution in [3.63, 3.8) is 0 Å². The van der Waals surface area contributed by atoms with Crippen LogP contribution in [-0.4, -0.2) is 38.0 Å². The van der Waals surface area contributed by atoms with Gasteiger partial charge in [-0.05, 0) is 56.9 Å². The molecule has 1 heterocycles. The highest BCUT2D eigenvalue weighted by Crippen LogP contribution is 2.61. The molecule has 0 radical (unpaired) electrons. The fraction of sp³-hybridized carbons (Fsp3) is 0.667. The van der Waals surface area contributed by atoms with E-state index in [2.05, 4.69) is 13.8 Å². The smallest absolute Gasteiger partial charge is 0.496 e. The van der Waals surface area contributed by atoms with Crippen molar-refractivity contribution in [1.82, 2.24) is 0 Å². The number of hydrogen-bond acceptors (Lipinski definition) is 5. The number of ether oxygens (including phenoxy) is 2. The minimum Gasteiger partial charge on any atom is -0.496 e. The number of esters is 1. The van der Waals surface area contributed by atoms with Gasteiger partial charge in [-0.25, -0.2) is 4.79 Å². The average Bonchev–Trinajstić information content (AvgIpc) is 3.03. The minimum absolute atomic E-state index is 0.116. The molecule has 1 aliphatic heterocycles. The summed E-state index contributed by atoms with van der Waals surface area (Å²) >= 11 is 0. The molecule has 2 bridgehead atoms. The second kappa shape index (κ2) is 6.24. The van der Waals surface area contributed by atoms with Crippen LogP contribution >= 0.6 is 0 Å². The monoisotopic (exact) mass is 372 g/mol. The van der Waals surface area contributed by atoms with Gasteiger partial charge in [0.1, 0.15) is 16.9 Å². The Morgan fingerprint density at radius 1 is 1.22 bits per heavy atom. The summed E-state index contributed by atoms with van der Waals surface area (Å²) in [5.74, 6) is 1.31. The van der Waals surface area contributed by atoms with Crippen LogP contribution in [0.2, 0.25) is 0 Å². The molecule has 4 atom stereocenters. The van der Waals surface area contributed by atoms with Crippen molar-refractivity contribution in [1.29, 1.82) is 0 Å². The molecular weight excluding hydrogens is 343 g/mol. The highest BCUT2D eigenvalue weighted by atomic mass is 16.7. The van der Waals surface area contributed by atoms with Crippen LogP contribution in [0, 0.1) is 17.3 Å². The summed E-state index contributed by atoms with van der Waals surface area (Å²) in [5, 5.41) is 0. The van der Waals surface area contributed by atoms with Gasteiger partial charge in [0.25, 0.3) is 0 Å². The Kier molecular flexibility index (Phi) is 4.35. The van der Waals surface area contributed by atoms with Crippen molar-refractivity contribution < 1.29 is 23.6 Å². The van der Waals surface area contributed by atoms with E-state index < -0.39 is 18.7 Å². The molecule has 0 aromatic heterocycles. The molecule has 1 aromatic carbocycles. The maximum absolute atomic E-state index is 12.6. The highest BCUT2D eigenvalue weighted by Gasteiger charge is 2.62. The molecule has 3 aliphatic carbocycles. The van der Waals surface area contributed by atoms with Gasteiger partial charge in [-0.3, -0.25) is 0 Å². The summed E-state index contributed by atoms with van der Waals surface area (Å²) in [6.45, 7) is 10.2. The van der Waals surface area contributed by atoms with Crippen LogP contribution in [0.5, 0.6) is 5.75 Å². The van der Waals surface area contributed by atoms with Crippen LogP contribution in [0.4, 0.5) is 0 Å². The number of para-hydroxylation sites is 1. The lowest BCUT2D eigenvalue weighted by atomic mass is 9.47. The summed E-state index contributed by atoms with van der Waals surface area (Å²) in [7, 11) is 1.06. The lowest BCUT2D eigenvalue weighted by Crippen LogP contribution is -2.59. The Labute approximate surface area is 161 Å². The van der Waals surface area contributed by atoms with Crippen molar-refractivity contribution in [3.8, 4) is 5.75 Å². The summed E-state index contributed by atoms with van der Waals surface area (Å²) in [4.78, 5) is 12.6. The van der Waals surface area contributed by atoms with Gasteiger partial charge in [-0.15, -0.1) is 0 Å². The lowest BCUT2D eigenvalue weighted by Gasteiger charge is -2.60. The molecule has 27 heavy (non-hydrogen) atoms. The van der Waals surface area contributed by atoms with Gasteiger partial charge in [0.15, 0.2) is 0 Å². The number of methoxy groups -OCH3 is 1. The standard InChI is InChI=1S/C21H29BO5/c1-20(2,3)25-19(23)13-8-7-9-15(17(13)24-6)22-26-16-11-12-10-14(18(16)27-22)21(12,4)5/h7-9,12,14,16,18H,10-11H2,1-6H3. The topological polar surface area (TPSA) is 54.0 Å². The fourth-order valence-corrected chi connectivity index (χ4v) is 4.95. The van der Waals surface area contributed by atoms with Crippen molar-refractivity contribution in [2.24, 2.45) is 17.3 Å². The zero-order chi connectivity index (χ0) is 19.6. The van der Waals surface area contributed by atoms with Gasteiger partial charge in [-0.1, -0.05) is 26.0 Å². The second-order valence-corrected chi connectivity index (χ2v) is 9.63. The van der Waals surface area contributed by atoms with Crippen LogP contribution < -0.4 is 10.2 Å².